The minimum atomic E-state index is 0.808. The van der Waals surface area contributed by atoms with Crippen molar-refractivity contribution in [1.29, 1.82) is 0 Å². The quantitative estimate of drug-likeness (QED) is 0.496. The van der Waals surface area contributed by atoms with Gasteiger partial charge in [0.05, 0.1) is 0 Å². The third kappa shape index (κ3) is 9.66. The summed E-state index contributed by atoms with van der Waals surface area (Å²) in [7, 11) is 0. The summed E-state index contributed by atoms with van der Waals surface area (Å²) in [5.41, 5.74) is 0. The van der Waals surface area contributed by atoms with Crippen molar-refractivity contribution in [3.05, 3.63) is 12.2 Å². The van der Waals surface area contributed by atoms with Gasteiger partial charge in [0.25, 0.3) is 0 Å². The van der Waals surface area contributed by atoms with Crippen molar-refractivity contribution in [3.8, 4) is 0 Å². The molecule has 0 rings (SSSR count). The maximum Gasteiger partial charge on any atom is -0.0325 e. The van der Waals surface area contributed by atoms with E-state index >= 15 is 0 Å². The summed E-state index contributed by atoms with van der Waals surface area (Å²) in [6.07, 6.45) is 11.3. The van der Waals surface area contributed by atoms with Crippen molar-refractivity contribution >= 4 is 0 Å². The van der Waals surface area contributed by atoms with E-state index in [1.54, 1.807) is 0 Å². The molecule has 0 saturated carbocycles. The van der Waals surface area contributed by atoms with Gasteiger partial charge >= 0.3 is 0 Å². The summed E-state index contributed by atoms with van der Waals surface area (Å²) in [6, 6.07) is 0. The van der Waals surface area contributed by atoms with Crippen LogP contribution in [0.1, 0.15) is 59.8 Å². The Morgan fingerprint density at radius 2 is 1.62 bits per heavy atom. The summed E-state index contributed by atoms with van der Waals surface area (Å²) in [5, 5.41) is 0. The normalized spacial score (nSPS) is 14.2. The number of hydrogen-bond donors (Lipinski definition) is 0. The highest BCUT2D eigenvalue weighted by Crippen LogP contribution is 2.12. The van der Waals surface area contributed by atoms with Crippen LogP contribution in [0.3, 0.4) is 0 Å². The average Bonchev–Trinajstić information content (AvgIpc) is 2.08. The van der Waals surface area contributed by atoms with Crippen LogP contribution in [0, 0.1) is 11.8 Å². The number of hydrogen-bond acceptors (Lipinski definition) is 0. The third-order valence-electron chi connectivity index (χ3n) is 2.36. The van der Waals surface area contributed by atoms with Gasteiger partial charge < -0.3 is 0 Å². The van der Waals surface area contributed by atoms with E-state index < -0.39 is 0 Å². The first-order valence-electron chi connectivity index (χ1n) is 5.81. The smallest absolute Gasteiger partial charge is 0.0325 e. The molecule has 0 radical (unpaired) electrons. The number of rotatable bonds is 7. The largest absolute Gasteiger partial charge is 0.0883 e. The van der Waals surface area contributed by atoms with Gasteiger partial charge in [0.2, 0.25) is 0 Å². The summed E-state index contributed by atoms with van der Waals surface area (Å²) in [4.78, 5) is 0. The molecule has 0 aromatic rings. The van der Waals surface area contributed by atoms with Crippen molar-refractivity contribution in [2.75, 3.05) is 0 Å². The standard InChI is InChI=1S/C13H26/c1-5-6-10-13(4)11-8-7-9-12(2)3/h7-8,12-13H,5-6,9-11H2,1-4H3. The second-order valence-electron chi connectivity index (χ2n) is 4.58. The molecule has 0 N–H and O–H groups in total. The molecule has 1 unspecified atom stereocenters. The van der Waals surface area contributed by atoms with Gasteiger partial charge in [0.1, 0.15) is 0 Å². The monoisotopic (exact) mass is 182 g/mol. The maximum absolute atomic E-state index is 2.36. The number of unbranched alkanes of at least 4 members (excludes halogenated alkanes) is 1. The van der Waals surface area contributed by atoms with Crippen LogP contribution in [0.2, 0.25) is 0 Å². The Morgan fingerprint density at radius 1 is 1.00 bits per heavy atom. The average molecular weight is 182 g/mol. The Bertz CT molecular complexity index is 122. The first-order valence-corrected chi connectivity index (χ1v) is 5.81. The fraction of sp³-hybridized carbons (Fsp3) is 0.846. The minimum absolute atomic E-state index is 0.808. The van der Waals surface area contributed by atoms with Gasteiger partial charge in [0.15, 0.2) is 0 Å². The molecule has 78 valence electrons. The molecule has 0 aromatic heterocycles. The molecule has 0 saturated heterocycles. The SMILES string of the molecule is CCCCC(C)CC=CCC(C)C. The molecule has 0 heterocycles. The number of allylic oxidation sites excluding steroid dienone is 2. The van der Waals surface area contributed by atoms with E-state index in [0.717, 1.165) is 11.8 Å². The van der Waals surface area contributed by atoms with Crippen LogP contribution in [0.15, 0.2) is 12.2 Å². The van der Waals surface area contributed by atoms with Gasteiger partial charge in [0, 0.05) is 0 Å². The molecular formula is C13H26. The molecular weight excluding hydrogens is 156 g/mol. The minimum Gasteiger partial charge on any atom is -0.0883 e. The first-order chi connectivity index (χ1) is 6.16. The van der Waals surface area contributed by atoms with Crippen molar-refractivity contribution < 1.29 is 0 Å². The van der Waals surface area contributed by atoms with Crippen LogP contribution in [-0.2, 0) is 0 Å². The third-order valence-corrected chi connectivity index (χ3v) is 2.36. The lowest BCUT2D eigenvalue weighted by Crippen LogP contribution is -1.92. The van der Waals surface area contributed by atoms with E-state index in [0.29, 0.717) is 0 Å². The zero-order valence-corrected chi connectivity index (χ0v) is 9.84. The van der Waals surface area contributed by atoms with Crippen LogP contribution in [0.4, 0.5) is 0 Å². The zero-order valence-electron chi connectivity index (χ0n) is 9.84. The van der Waals surface area contributed by atoms with Gasteiger partial charge in [-0.3, -0.25) is 0 Å². The van der Waals surface area contributed by atoms with Crippen LogP contribution < -0.4 is 0 Å². The van der Waals surface area contributed by atoms with Gasteiger partial charge in [-0.2, -0.15) is 0 Å². The molecule has 0 aliphatic carbocycles. The Balaban J connectivity index is 3.34. The lowest BCUT2D eigenvalue weighted by Gasteiger charge is -2.06. The Hall–Kier alpha value is -0.260. The molecule has 0 aliphatic heterocycles. The lowest BCUT2D eigenvalue weighted by atomic mass is 10.00. The second-order valence-corrected chi connectivity index (χ2v) is 4.58. The van der Waals surface area contributed by atoms with E-state index in [-0.39, 0.29) is 0 Å². The Labute approximate surface area is 84.4 Å². The maximum atomic E-state index is 2.36. The summed E-state index contributed by atoms with van der Waals surface area (Å²) >= 11 is 0. The lowest BCUT2D eigenvalue weighted by molar-refractivity contribution is 0.510. The molecule has 0 bridgehead atoms. The van der Waals surface area contributed by atoms with Crippen LogP contribution >= 0.6 is 0 Å². The van der Waals surface area contributed by atoms with E-state index in [2.05, 4.69) is 39.8 Å². The highest BCUT2D eigenvalue weighted by atomic mass is 14.0. The molecule has 0 spiro atoms. The molecule has 0 heteroatoms. The molecule has 0 nitrogen and oxygen atoms in total. The second kappa shape index (κ2) is 8.34. The first kappa shape index (κ1) is 12.7. The van der Waals surface area contributed by atoms with E-state index in [1.807, 2.05) is 0 Å². The zero-order chi connectivity index (χ0) is 10.1. The predicted octanol–water partition coefficient (Wildman–Crippen LogP) is 4.81. The van der Waals surface area contributed by atoms with Crippen molar-refractivity contribution in [1.82, 2.24) is 0 Å². The van der Waals surface area contributed by atoms with E-state index in [1.165, 1.54) is 32.1 Å². The van der Waals surface area contributed by atoms with Gasteiger partial charge in [-0.1, -0.05) is 59.1 Å². The predicted molar refractivity (Wildman–Crippen MR) is 61.9 cm³/mol. The fourth-order valence-electron chi connectivity index (χ4n) is 1.37. The van der Waals surface area contributed by atoms with Crippen molar-refractivity contribution in [2.24, 2.45) is 11.8 Å². The van der Waals surface area contributed by atoms with Gasteiger partial charge in [-0.15, -0.1) is 0 Å². The summed E-state index contributed by atoms with van der Waals surface area (Å²) in [5.74, 6) is 1.69. The molecule has 1 atom stereocenters. The highest BCUT2D eigenvalue weighted by Gasteiger charge is 1.97. The molecule has 13 heavy (non-hydrogen) atoms. The van der Waals surface area contributed by atoms with Crippen LogP contribution in [0.25, 0.3) is 0 Å². The van der Waals surface area contributed by atoms with E-state index in [9.17, 15) is 0 Å². The summed E-state index contributed by atoms with van der Waals surface area (Å²) < 4.78 is 0. The van der Waals surface area contributed by atoms with Gasteiger partial charge in [-0.05, 0) is 24.7 Å². The molecule has 0 aliphatic rings. The summed E-state index contributed by atoms with van der Waals surface area (Å²) in [6.45, 7) is 9.16. The Kier molecular flexibility index (Phi) is 8.18. The Morgan fingerprint density at radius 3 is 2.15 bits per heavy atom. The molecule has 0 aromatic carbocycles. The topological polar surface area (TPSA) is 0 Å². The van der Waals surface area contributed by atoms with Crippen molar-refractivity contribution in [2.45, 2.75) is 59.8 Å². The van der Waals surface area contributed by atoms with Crippen LogP contribution in [-0.4, -0.2) is 0 Å². The highest BCUT2D eigenvalue weighted by molar-refractivity contribution is 4.83. The molecule has 0 fully saturated rings. The molecule has 0 amide bonds. The van der Waals surface area contributed by atoms with E-state index in [4.69, 9.17) is 0 Å². The van der Waals surface area contributed by atoms with Crippen molar-refractivity contribution in [3.63, 3.8) is 0 Å². The van der Waals surface area contributed by atoms with Gasteiger partial charge in [-0.25, -0.2) is 0 Å². The van der Waals surface area contributed by atoms with Crippen LogP contribution in [0.5, 0.6) is 0 Å². The fourth-order valence-corrected chi connectivity index (χ4v) is 1.37.